The van der Waals surface area contributed by atoms with E-state index < -0.39 is 5.91 Å². The van der Waals surface area contributed by atoms with Crippen LogP contribution in [0.4, 0.5) is 5.82 Å². The van der Waals surface area contributed by atoms with Gasteiger partial charge in [-0.15, -0.1) is 0 Å². The number of carbonyl (C=O) groups excluding carboxylic acids is 2. The minimum atomic E-state index is -0.683. The summed E-state index contributed by atoms with van der Waals surface area (Å²) in [6.07, 6.45) is 7.80. The number of nitrogens with two attached hydrogens (primary N) is 2. The molecule has 2 aromatic heterocycles. The van der Waals surface area contributed by atoms with Crippen LogP contribution in [0.5, 0.6) is 11.6 Å². The van der Waals surface area contributed by atoms with E-state index >= 15 is 0 Å². The Kier molecular flexibility index (Phi) is 6.61. The van der Waals surface area contributed by atoms with Crippen molar-refractivity contribution in [1.29, 1.82) is 0 Å². The lowest BCUT2D eigenvalue weighted by Gasteiger charge is -2.40. The Balaban J connectivity index is 1.41. The Bertz CT molecular complexity index is 1350. The summed E-state index contributed by atoms with van der Waals surface area (Å²) in [5.41, 5.74) is 13.1. The Labute approximate surface area is 218 Å². The number of rotatable bonds is 7. The number of likely N-dealkylation sites (tertiary alicyclic amines) is 1. The van der Waals surface area contributed by atoms with Gasteiger partial charge in [0.2, 0.25) is 11.8 Å². The van der Waals surface area contributed by atoms with Crippen LogP contribution in [-0.4, -0.2) is 55.3 Å². The molecule has 11 heteroatoms. The summed E-state index contributed by atoms with van der Waals surface area (Å²) in [5.74, 6) is 0.268. The smallest absolute Gasteiger partial charge is 0.254 e. The normalized spacial score (nSPS) is 18.3. The minimum Gasteiger partial charge on any atom is -0.439 e. The monoisotopic (exact) mass is 522 g/mol. The van der Waals surface area contributed by atoms with E-state index in [2.05, 4.69) is 4.98 Å². The van der Waals surface area contributed by atoms with Crippen LogP contribution in [0.3, 0.4) is 0 Å². The highest BCUT2D eigenvalue weighted by Crippen LogP contribution is 2.50. The molecule has 1 aliphatic heterocycles. The molecule has 5 rings (SSSR count). The van der Waals surface area contributed by atoms with Crippen LogP contribution in [0.1, 0.15) is 42.1 Å². The first-order valence-electron chi connectivity index (χ1n) is 12.0. The van der Waals surface area contributed by atoms with Gasteiger partial charge in [-0.1, -0.05) is 17.7 Å². The van der Waals surface area contributed by atoms with E-state index in [1.54, 1.807) is 41.1 Å². The van der Waals surface area contributed by atoms with E-state index in [1.165, 1.54) is 18.3 Å². The van der Waals surface area contributed by atoms with Crippen molar-refractivity contribution in [2.24, 2.45) is 5.73 Å². The van der Waals surface area contributed by atoms with Crippen LogP contribution in [-0.2, 0) is 4.79 Å². The molecule has 1 aliphatic carbocycles. The molecule has 2 aliphatic rings. The molecular formula is C26H27ClN6O4. The van der Waals surface area contributed by atoms with Crippen LogP contribution in [0.2, 0.25) is 5.02 Å². The molecule has 1 spiro atoms. The van der Waals surface area contributed by atoms with Gasteiger partial charge in [0.1, 0.15) is 22.8 Å². The quantitative estimate of drug-likeness (QED) is 0.403. The lowest BCUT2D eigenvalue weighted by Crippen LogP contribution is -2.48. The maximum absolute atomic E-state index is 12.8. The molecule has 192 valence electrons. The number of halogens is 1. The Morgan fingerprint density at radius 1 is 1.19 bits per heavy atom. The van der Waals surface area contributed by atoms with Gasteiger partial charge >= 0.3 is 0 Å². The van der Waals surface area contributed by atoms with E-state index in [4.69, 9.17) is 38.0 Å². The molecular weight excluding hydrogens is 496 g/mol. The number of benzene rings is 1. The number of aromatic nitrogens is 3. The van der Waals surface area contributed by atoms with Crippen molar-refractivity contribution in [3.63, 3.8) is 0 Å². The van der Waals surface area contributed by atoms with Crippen LogP contribution in [0.25, 0.3) is 11.3 Å². The van der Waals surface area contributed by atoms with Crippen LogP contribution < -0.4 is 16.2 Å². The van der Waals surface area contributed by atoms with Crippen molar-refractivity contribution >= 4 is 29.2 Å². The Morgan fingerprint density at radius 2 is 1.95 bits per heavy atom. The maximum Gasteiger partial charge on any atom is 0.254 e. The SMILES string of the molecule is NC(=O)c1c(-c2ccc(Oc3ccc(Cl)cn3)cc2)nn(C2CCC3(CC3)N(C(=O)C=CCO)C2)c1N. The summed E-state index contributed by atoms with van der Waals surface area (Å²) in [6, 6.07) is 10.1. The van der Waals surface area contributed by atoms with Gasteiger partial charge in [0.15, 0.2) is 0 Å². The van der Waals surface area contributed by atoms with Crippen molar-refractivity contribution in [2.45, 2.75) is 37.3 Å². The van der Waals surface area contributed by atoms with E-state index in [9.17, 15) is 9.59 Å². The summed E-state index contributed by atoms with van der Waals surface area (Å²) >= 11 is 5.87. The number of pyridine rings is 1. The highest BCUT2D eigenvalue weighted by Gasteiger charge is 2.52. The minimum absolute atomic E-state index is 0.137. The van der Waals surface area contributed by atoms with Crippen molar-refractivity contribution < 1.29 is 19.4 Å². The van der Waals surface area contributed by atoms with Gasteiger partial charge in [-0.3, -0.25) is 9.59 Å². The van der Waals surface area contributed by atoms with Crippen molar-refractivity contribution in [2.75, 3.05) is 18.9 Å². The summed E-state index contributed by atoms with van der Waals surface area (Å²) < 4.78 is 7.36. The average Bonchev–Trinajstić information content (AvgIpc) is 3.57. The fourth-order valence-corrected chi connectivity index (χ4v) is 5.00. The van der Waals surface area contributed by atoms with Crippen molar-refractivity contribution in [1.82, 2.24) is 19.7 Å². The second kappa shape index (κ2) is 9.87. The zero-order chi connectivity index (χ0) is 26.2. The van der Waals surface area contributed by atoms with Gasteiger partial charge in [-0.05, 0) is 56.0 Å². The van der Waals surface area contributed by atoms with Crippen LogP contribution in [0, 0.1) is 0 Å². The lowest BCUT2D eigenvalue weighted by atomic mass is 9.96. The molecule has 1 saturated carbocycles. The van der Waals surface area contributed by atoms with Crippen LogP contribution >= 0.6 is 11.6 Å². The largest absolute Gasteiger partial charge is 0.439 e. The molecule has 2 amide bonds. The van der Waals surface area contributed by atoms with Gasteiger partial charge in [-0.25, -0.2) is 9.67 Å². The number of piperidine rings is 1. The zero-order valence-electron chi connectivity index (χ0n) is 20.0. The third kappa shape index (κ3) is 4.90. The number of carbonyl (C=O) groups is 2. The number of aliphatic hydroxyl groups is 1. The summed E-state index contributed by atoms with van der Waals surface area (Å²) in [4.78, 5) is 31.2. The Morgan fingerprint density at radius 3 is 2.57 bits per heavy atom. The fraction of sp³-hybridized carbons (Fsp3) is 0.308. The number of hydrogen-bond acceptors (Lipinski definition) is 7. The first-order chi connectivity index (χ1) is 17.8. The second-order valence-corrected chi connectivity index (χ2v) is 9.75. The predicted octanol–water partition coefficient (Wildman–Crippen LogP) is 3.32. The number of nitrogen functional groups attached to an aromatic ring is 1. The van der Waals surface area contributed by atoms with Gasteiger partial charge in [0.05, 0.1) is 17.7 Å². The molecule has 10 nitrogen and oxygen atoms in total. The number of amides is 2. The van der Waals surface area contributed by atoms with E-state index in [-0.39, 0.29) is 35.5 Å². The van der Waals surface area contributed by atoms with Gasteiger partial charge in [0.25, 0.3) is 5.91 Å². The van der Waals surface area contributed by atoms with Crippen molar-refractivity contribution in [3.05, 3.63) is 65.3 Å². The molecule has 1 unspecified atom stereocenters. The summed E-state index contributed by atoms with van der Waals surface area (Å²) in [6.45, 7) is 0.201. The third-order valence-electron chi connectivity index (χ3n) is 6.96. The average molecular weight is 523 g/mol. The molecule has 37 heavy (non-hydrogen) atoms. The first kappa shape index (κ1) is 24.8. The van der Waals surface area contributed by atoms with E-state index in [1.807, 2.05) is 4.90 Å². The number of hydrogen-bond donors (Lipinski definition) is 3. The van der Waals surface area contributed by atoms with Gasteiger partial charge < -0.3 is 26.2 Å². The number of aliphatic hydroxyl groups excluding tert-OH is 1. The summed E-state index contributed by atoms with van der Waals surface area (Å²) in [7, 11) is 0. The second-order valence-electron chi connectivity index (χ2n) is 9.31. The highest BCUT2D eigenvalue weighted by molar-refractivity contribution is 6.30. The zero-order valence-corrected chi connectivity index (χ0v) is 20.8. The third-order valence-corrected chi connectivity index (χ3v) is 7.18. The van der Waals surface area contributed by atoms with Crippen LogP contribution in [0.15, 0.2) is 54.7 Å². The van der Waals surface area contributed by atoms with E-state index in [0.29, 0.717) is 34.5 Å². The molecule has 0 bridgehead atoms. The molecule has 1 atom stereocenters. The predicted molar refractivity (Wildman–Crippen MR) is 138 cm³/mol. The van der Waals surface area contributed by atoms with E-state index in [0.717, 1.165) is 25.7 Å². The fourth-order valence-electron chi connectivity index (χ4n) is 4.89. The first-order valence-corrected chi connectivity index (χ1v) is 12.4. The highest BCUT2D eigenvalue weighted by atomic mass is 35.5. The molecule has 5 N–H and O–H groups in total. The molecule has 0 radical (unpaired) electrons. The number of primary amides is 1. The maximum atomic E-state index is 12.8. The topological polar surface area (TPSA) is 150 Å². The number of nitrogens with zero attached hydrogens (tertiary/aromatic N) is 4. The number of ether oxygens (including phenoxy) is 1. The molecule has 3 aromatic rings. The standard InChI is InChI=1S/C26H27ClN6O4/c27-17-5-8-20(30-14-17)37-19-6-3-16(4-7-19)23-22(25(29)36)24(28)33(31-23)18-9-10-26(11-12-26)32(15-18)21(35)2-1-13-34/h1-8,14,18,34H,9-13,15,28H2,(H2,29,36). The van der Waals surface area contributed by atoms with Gasteiger partial charge in [0, 0.05) is 36.0 Å². The molecule has 1 saturated heterocycles. The molecule has 2 fully saturated rings. The number of anilines is 1. The molecule has 3 heterocycles. The lowest BCUT2D eigenvalue weighted by molar-refractivity contribution is -0.131. The van der Waals surface area contributed by atoms with Gasteiger partial charge in [-0.2, -0.15) is 5.10 Å². The Hall–Kier alpha value is -3.89. The summed E-state index contributed by atoms with van der Waals surface area (Å²) in [5, 5.41) is 14.3. The van der Waals surface area contributed by atoms with Crippen molar-refractivity contribution in [3.8, 4) is 22.9 Å². The molecule has 1 aromatic carbocycles.